The van der Waals surface area contributed by atoms with E-state index in [2.05, 4.69) is 0 Å². The lowest BCUT2D eigenvalue weighted by atomic mass is 10.1. The molecular formula is C14H16O6. The van der Waals surface area contributed by atoms with Crippen LogP contribution in [0.15, 0.2) is 18.2 Å². The van der Waals surface area contributed by atoms with Gasteiger partial charge in [-0.25, -0.2) is 4.79 Å². The molecule has 6 heteroatoms. The molecule has 1 aromatic rings. The summed E-state index contributed by atoms with van der Waals surface area (Å²) in [5, 5.41) is 8.63. The van der Waals surface area contributed by atoms with Crippen molar-refractivity contribution in [3.63, 3.8) is 0 Å². The van der Waals surface area contributed by atoms with E-state index in [1.165, 1.54) is 32.0 Å². The third kappa shape index (κ3) is 4.17. The van der Waals surface area contributed by atoms with E-state index in [-0.39, 0.29) is 35.9 Å². The van der Waals surface area contributed by atoms with Crippen LogP contribution in [0.25, 0.3) is 0 Å². The number of ketones is 1. The number of carbonyl (C=O) groups is 3. The fourth-order valence-electron chi connectivity index (χ4n) is 1.54. The fraction of sp³-hybridized carbons (Fsp3) is 0.357. The Balaban J connectivity index is 3.10. The number of aliphatic hydroxyl groups is 1. The van der Waals surface area contributed by atoms with Gasteiger partial charge >= 0.3 is 11.9 Å². The summed E-state index contributed by atoms with van der Waals surface area (Å²) in [6.45, 7) is 2.43. The van der Waals surface area contributed by atoms with E-state index in [0.29, 0.717) is 6.42 Å². The summed E-state index contributed by atoms with van der Waals surface area (Å²) >= 11 is 0. The zero-order valence-electron chi connectivity index (χ0n) is 11.3. The van der Waals surface area contributed by atoms with Gasteiger partial charge in [-0.15, -0.1) is 0 Å². The van der Waals surface area contributed by atoms with E-state index in [0.717, 1.165) is 0 Å². The van der Waals surface area contributed by atoms with Gasteiger partial charge in [-0.05, 0) is 19.1 Å². The van der Waals surface area contributed by atoms with Crippen LogP contribution >= 0.6 is 0 Å². The molecule has 0 aliphatic rings. The van der Waals surface area contributed by atoms with Crippen molar-refractivity contribution in [1.29, 1.82) is 0 Å². The maximum atomic E-state index is 11.9. The van der Waals surface area contributed by atoms with Crippen molar-refractivity contribution >= 4 is 17.7 Å². The summed E-state index contributed by atoms with van der Waals surface area (Å²) in [7, 11) is 0. The summed E-state index contributed by atoms with van der Waals surface area (Å²) in [5.41, 5.74) is 0.141. The number of hydrogen-bond acceptors (Lipinski definition) is 6. The van der Waals surface area contributed by atoms with E-state index in [4.69, 9.17) is 14.6 Å². The molecule has 1 aromatic carbocycles. The summed E-state index contributed by atoms with van der Waals surface area (Å²) < 4.78 is 9.88. The number of hydrogen-bond donors (Lipinski definition) is 1. The number of aliphatic hydroxyl groups excluding tert-OH is 1. The maximum Gasteiger partial charge on any atom is 0.341 e. The van der Waals surface area contributed by atoms with E-state index in [9.17, 15) is 14.4 Å². The highest BCUT2D eigenvalue weighted by molar-refractivity contribution is 6.03. The lowest BCUT2D eigenvalue weighted by Crippen LogP contribution is -2.14. The van der Waals surface area contributed by atoms with Crippen molar-refractivity contribution in [3.8, 4) is 5.75 Å². The standard InChI is InChI=1S/C14H16O6/c1-9(16)11-5-3-6-12(13(11)20-10(2)17)14(18)19-8-4-7-15/h3,5-6,15H,4,7-8H2,1-2H3. The molecule has 0 heterocycles. The van der Waals surface area contributed by atoms with Gasteiger partial charge in [-0.1, -0.05) is 6.07 Å². The SMILES string of the molecule is CC(=O)Oc1c(C(C)=O)cccc1C(=O)OCCCO. The molecule has 1 rings (SSSR count). The van der Waals surface area contributed by atoms with E-state index < -0.39 is 11.9 Å². The predicted octanol–water partition coefficient (Wildman–Crippen LogP) is 1.35. The molecule has 0 unspecified atom stereocenters. The van der Waals surface area contributed by atoms with Crippen LogP contribution in [0.1, 0.15) is 41.0 Å². The Bertz CT molecular complexity index is 520. The number of Topliss-reactive ketones (excluding diaryl/α,β-unsaturated/α-hetero) is 1. The smallest absolute Gasteiger partial charge is 0.341 e. The van der Waals surface area contributed by atoms with Crippen LogP contribution < -0.4 is 4.74 Å². The second kappa shape index (κ2) is 7.40. The number of benzene rings is 1. The summed E-state index contributed by atoms with van der Waals surface area (Å²) in [5.74, 6) is -1.77. The molecule has 6 nitrogen and oxygen atoms in total. The molecule has 0 aromatic heterocycles. The highest BCUT2D eigenvalue weighted by Crippen LogP contribution is 2.25. The van der Waals surface area contributed by atoms with Crippen LogP contribution in [-0.2, 0) is 9.53 Å². The zero-order chi connectivity index (χ0) is 15.1. The predicted molar refractivity (Wildman–Crippen MR) is 69.7 cm³/mol. The Morgan fingerprint density at radius 2 is 1.80 bits per heavy atom. The molecule has 1 N–H and O–H groups in total. The Morgan fingerprint density at radius 1 is 1.15 bits per heavy atom. The Hall–Kier alpha value is -2.21. The van der Waals surface area contributed by atoms with Crippen molar-refractivity contribution < 1.29 is 29.0 Å². The molecule has 0 amide bonds. The van der Waals surface area contributed by atoms with Crippen LogP contribution in [0.3, 0.4) is 0 Å². The molecule has 0 spiro atoms. The number of para-hydroxylation sites is 1. The van der Waals surface area contributed by atoms with E-state index >= 15 is 0 Å². The number of carbonyl (C=O) groups excluding carboxylic acids is 3. The molecule has 0 saturated heterocycles. The second-order valence-electron chi connectivity index (χ2n) is 4.05. The largest absolute Gasteiger partial charge is 0.462 e. The molecule has 0 atom stereocenters. The number of rotatable bonds is 6. The van der Waals surface area contributed by atoms with Crippen molar-refractivity contribution in [2.24, 2.45) is 0 Å². The van der Waals surface area contributed by atoms with Gasteiger partial charge in [-0.3, -0.25) is 9.59 Å². The topological polar surface area (TPSA) is 89.9 Å². The average Bonchev–Trinajstić information content (AvgIpc) is 2.38. The van der Waals surface area contributed by atoms with Gasteiger partial charge in [0.2, 0.25) is 0 Å². The Morgan fingerprint density at radius 3 is 2.35 bits per heavy atom. The highest BCUT2D eigenvalue weighted by atomic mass is 16.5. The van der Waals surface area contributed by atoms with Gasteiger partial charge in [0.15, 0.2) is 11.5 Å². The summed E-state index contributed by atoms with van der Waals surface area (Å²) in [6, 6.07) is 4.38. The highest BCUT2D eigenvalue weighted by Gasteiger charge is 2.21. The van der Waals surface area contributed by atoms with Crippen molar-refractivity contribution in [1.82, 2.24) is 0 Å². The first kappa shape index (κ1) is 15.8. The fourth-order valence-corrected chi connectivity index (χ4v) is 1.54. The molecule has 0 bridgehead atoms. The number of esters is 2. The van der Waals surface area contributed by atoms with Gasteiger partial charge in [0.1, 0.15) is 5.56 Å². The van der Waals surface area contributed by atoms with Crippen LogP contribution in [0.2, 0.25) is 0 Å². The second-order valence-corrected chi connectivity index (χ2v) is 4.05. The third-order valence-electron chi connectivity index (χ3n) is 2.40. The first-order valence-electron chi connectivity index (χ1n) is 6.07. The molecular weight excluding hydrogens is 264 g/mol. The first-order chi connectivity index (χ1) is 9.47. The van der Waals surface area contributed by atoms with Crippen molar-refractivity contribution in [3.05, 3.63) is 29.3 Å². The van der Waals surface area contributed by atoms with Gasteiger partial charge < -0.3 is 14.6 Å². The van der Waals surface area contributed by atoms with Gasteiger partial charge in [0.25, 0.3) is 0 Å². The monoisotopic (exact) mass is 280 g/mol. The first-order valence-corrected chi connectivity index (χ1v) is 6.07. The minimum Gasteiger partial charge on any atom is -0.462 e. The Kier molecular flexibility index (Phi) is 5.86. The number of ether oxygens (including phenoxy) is 2. The zero-order valence-corrected chi connectivity index (χ0v) is 11.3. The van der Waals surface area contributed by atoms with Crippen LogP contribution in [-0.4, -0.2) is 36.0 Å². The van der Waals surface area contributed by atoms with Gasteiger partial charge in [0, 0.05) is 20.0 Å². The van der Waals surface area contributed by atoms with Crippen molar-refractivity contribution in [2.75, 3.05) is 13.2 Å². The maximum absolute atomic E-state index is 11.9. The van der Waals surface area contributed by atoms with E-state index in [1.54, 1.807) is 0 Å². The van der Waals surface area contributed by atoms with Gasteiger partial charge in [0.05, 0.1) is 12.2 Å². The molecule has 0 radical (unpaired) electrons. The van der Waals surface area contributed by atoms with Crippen LogP contribution in [0.4, 0.5) is 0 Å². The molecule has 0 fully saturated rings. The third-order valence-corrected chi connectivity index (χ3v) is 2.40. The minimum atomic E-state index is -0.710. The normalized spacial score (nSPS) is 9.95. The molecule has 20 heavy (non-hydrogen) atoms. The van der Waals surface area contributed by atoms with Crippen molar-refractivity contribution in [2.45, 2.75) is 20.3 Å². The molecule has 0 saturated carbocycles. The molecule has 108 valence electrons. The Labute approximate surface area is 116 Å². The molecule has 0 aliphatic carbocycles. The lowest BCUT2D eigenvalue weighted by molar-refractivity contribution is -0.131. The quantitative estimate of drug-likeness (QED) is 0.366. The summed E-state index contributed by atoms with van der Waals surface area (Å²) in [4.78, 5) is 34.5. The average molecular weight is 280 g/mol. The minimum absolute atomic E-state index is 0.00541. The summed E-state index contributed by atoms with van der Waals surface area (Å²) in [6.07, 6.45) is 0.307. The lowest BCUT2D eigenvalue weighted by Gasteiger charge is -2.11. The van der Waals surface area contributed by atoms with Crippen LogP contribution in [0, 0.1) is 0 Å². The molecule has 0 aliphatic heterocycles. The van der Waals surface area contributed by atoms with Crippen LogP contribution in [0.5, 0.6) is 5.75 Å². The van der Waals surface area contributed by atoms with E-state index in [1.807, 2.05) is 0 Å². The van der Waals surface area contributed by atoms with Gasteiger partial charge in [-0.2, -0.15) is 0 Å².